The van der Waals surface area contributed by atoms with Crippen molar-refractivity contribution in [3.05, 3.63) is 34.1 Å². The molecule has 60 valence electrons. The Morgan fingerprint density at radius 2 is 2.18 bits per heavy atom. The molecular weight excluding hydrogens is 211 g/mol. The van der Waals surface area contributed by atoms with E-state index < -0.39 is 6.10 Å². The Bertz CT molecular complexity index is 240. The van der Waals surface area contributed by atoms with Gasteiger partial charge in [-0.1, -0.05) is 22.0 Å². The van der Waals surface area contributed by atoms with Gasteiger partial charge >= 0.3 is 0 Å². The number of halogens is 2. The first-order valence-electron chi connectivity index (χ1n) is 3.25. The SMILES string of the molecule is C[C@@H](O)c1c(F)cccc1Br. The van der Waals surface area contributed by atoms with Crippen molar-refractivity contribution in [1.82, 2.24) is 0 Å². The lowest BCUT2D eigenvalue weighted by molar-refractivity contribution is 0.193. The molecule has 0 aliphatic heterocycles. The van der Waals surface area contributed by atoms with E-state index in [4.69, 9.17) is 5.11 Å². The average Bonchev–Trinajstić information content (AvgIpc) is 1.85. The van der Waals surface area contributed by atoms with Crippen molar-refractivity contribution in [2.75, 3.05) is 0 Å². The summed E-state index contributed by atoms with van der Waals surface area (Å²) < 4.78 is 13.5. The van der Waals surface area contributed by atoms with Gasteiger partial charge in [0.1, 0.15) is 5.82 Å². The maximum Gasteiger partial charge on any atom is 0.130 e. The zero-order chi connectivity index (χ0) is 8.43. The Balaban J connectivity index is 3.21. The monoisotopic (exact) mass is 218 g/mol. The van der Waals surface area contributed by atoms with Crippen LogP contribution in [-0.4, -0.2) is 5.11 Å². The molecular formula is C8H8BrFO. The van der Waals surface area contributed by atoms with Crippen molar-refractivity contribution in [1.29, 1.82) is 0 Å². The highest BCUT2D eigenvalue weighted by atomic mass is 79.9. The van der Waals surface area contributed by atoms with Crippen molar-refractivity contribution in [3.63, 3.8) is 0 Å². The summed E-state index contributed by atoms with van der Waals surface area (Å²) in [6, 6.07) is 4.61. The summed E-state index contributed by atoms with van der Waals surface area (Å²) >= 11 is 3.15. The number of rotatable bonds is 1. The molecule has 0 bridgehead atoms. The second-order valence-corrected chi connectivity index (χ2v) is 3.17. The van der Waals surface area contributed by atoms with Crippen LogP contribution in [-0.2, 0) is 0 Å². The molecule has 1 atom stereocenters. The van der Waals surface area contributed by atoms with Crippen LogP contribution in [0.1, 0.15) is 18.6 Å². The standard InChI is InChI=1S/C8H8BrFO/c1-5(11)8-6(9)3-2-4-7(8)10/h2-5,11H,1H3/t5-/m1/s1. The predicted octanol–water partition coefficient (Wildman–Crippen LogP) is 2.64. The van der Waals surface area contributed by atoms with Crippen LogP contribution in [0.5, 0.6) is 0 Å². The van der Waals surface area contributed by atoms with Crippen LogP contribution in [0.25, 0.3) is 0 Å². The molecule has 11 heavy (non-hydrogen) atoms. The van der Waals surface area contributed by atoms with Crippen LogP contribution in [0.3, 0.4) is 0 Å². The van der Waals surface area contributed by atoms with Crippen molar-refractivity contribution >= 4 is 15.9 Å². The summed E-state index contributed by atoms with van der Waals surface area (Å²) in [6.07, 6.45) is -0.773. The summed E-state index contributed by atoms with van der Waals surface area (Å²) in [7, 11) is 0. The fourth-order valence-electron chi connectivity index (χ4n) is 0.910. The van der Waals surface area contributed by atoms with Crippen molar-refractivity contribution in [2.45, 2.75) is 13.0 Å². The van der Waals surface area contributed by atoms with E-state index >= 15 is 0 Å². The van der Waals surface area contributed by atoms with Gasteiger partial charge in [-0.15, -0.1) is 0 Å². The Morgan fingerprint density at radius 1 is 1.55 bits per heavy atom. The molecule has 1 rings (SSSR count). The number of hydrogen-bond acceptors (Lipinski definition) is 1. The fraction of sp³-hybridized carbons (Fsp3) is 0.250. The van der Waals surface area contributed by atoms with Gasteiger partial charge in [0, 0.05) is 10.0 Å². The average molecular weight is 219 g/mol. The highest BCUT2D eigenvalue weighted by Gasteiger charge is 2.10. The van der Waals surface area contributed by atoms with Gasteiger partial charge in [-0.05, 0) is 19.1 Å². The molecule has 1 aromatic carbocycles. The topological polar surface area (TPSA) is 20.2 Å². The quantitative estimate of drug-likeness (QED) is 0.769. The number of aliphatic hydroxyl groups is 1. The number of benzene rings is 1. The van der Waals surface area contributed by atoms with Gasteiger partial charge in [-0.2, -0.15) is 0 Å². The van der Waals surface area contributed by atoms with E-state index in [1.54, 1.807) is 12.1 Å². The smallest absolute Gasteiger partial charge is 0.130 e. The highest BCUT2D eigenvalue weighted by molar-refractivity contribution is 9.10. The maximum atomic E-state index is 12.9. The second-order valence-electron chi connectivity index (χ2n) is 2.31. The first kappa shape index (κ1) is 8.68. The third-order valence-electron chi connectivity index (χ3n) is 1.42. The van der Waals surface area contributed by atoms with E-state index in [-0.39, 0.29) is 5.82 Å². The fourth-order valence-corrected chi connectivity index (χ4v) is 1.58. The van der Waals surface area contributed by atoms with E-state index in [0.29, 0.717) is 10.0 Å². The summed E-state index contributed by atoms with van der Waals surface area (Å²) in [5, 5.41) is 9.12. The summed E-state index contributed by atoms with van der Waals surface area (Å²) in [4.78, 5) is 0. The number of aliphatic hydroxyl groups excluding tert-OH is 1. The molecule has 0 heterocycles. The summed E-state index contributed by atoms with van der Waals surface area (Å²) in [5.74, 6) is -0.380. The molecule has 3 heteroatoms. The molecule has 1 N–H and O–H groups in total. The lowest BCUT2D eigenvalue weighted by Gasteiger charge is -2.07. The van der Waals surface area contributed by atoms with Gasteiger partial charge in [-0.25, -0.2) is 4.39 Å². The molecule has 0 aromatic heterocycles. The second kappa shape index (κ2) is 3.32. The van der Waals surface area contributed by atoms with Crippen LogP contribution in [0.2, 0.25) is 0 Å². The lowest BCUT2D eigenvalue weighted by atomic mass is 10.1. The minimum absolute atomic E-state index is 0.313. The van der Waals surface area contributed by atoms with Crippen molar-refractivity contribution in [2.24, 2.45) is 0 Å². The molecule has 0 fully saturated rings. The first-order valence-corrected chi connectivity index (χ1v) is 4.04. The van der Waals surface area contributed by atoms with Crippen LogP contribution in [0, 0.1) is 5.82 Å². The molecule has 0 saturated heterocycles. The van der Waals surface area contributed by atoms with Crippen LogP contribution < -0.4 is 0 Å². The van der Waals surface area contributed by atoms with Crippen LogP contribution in [0.4, 0.5) is 4.39 Å². The highest BCUT2D eigenvalue weighted by Crippen LogP contribution is 2.25. The van der Waals surface area contributed by atoms with E-state index in [1.165, 1.54) is 13.0 Å². The Morgan fingerprint density at radius 3 is 2.55 bits per heavy atom. The van der Waals surface area contributed by atoms with Gasteiger partial charge in [0.05, 0.1) is 6.10 Å². The summed E-state index contributed by atoms with van der Waals surface area (Å²) in [6.45, 7) is 1.53. The molecule has 0 amide bonds. The first-order chi connectivity index (χ1) is 5.13. The number of hydrogen-bond donors (Lipinski definition) is 1. The molecule has 0 saturated carbocycles. The largest absolute Gasteiger partial charge is 0.389 e. The van der Waals surface area contributed by atoms with E-state index in [9.17, 15) is 4.39 Å². The van der Waals surface area contributed by atoms with E-state index in [2.05, 4.69) is 15.9 Å². The Hall–Kier alpha value is -0.410. The van der Waals surface area contributed by atoms with E-state index in [1.807, 2.05) is 0 Å². The predicted molar refractivity (Wildman–Crippen MR) is 44.7 cm³/mol. The Labute approximate surface area is 73.0 Å². The normalized spacial score (nSPS) is 13.1. The zero-order valence-corrected chi connectivity index (χ0v) is 7.60. The van der Waals surface area contributed by atoms with Crippen LogP contribution in [0.15, 0.2) is 22.7 Å². The molecule has 1 nitrogen and oxygen atoms in total. The van der Waals surface area contributed by atoms with Gasteiger partial charge in [0.25, 0.3) is 0 Å². The minimum atomic E-state index is -0.773. The third-order valence-corrected chi connectivity index (χ3v) is 2.11. The third kappa shape index (κ3) is 1.79. The van der Waals surface area contributed by atoms with Gasteiger partial charge < -0.3 is 5.11 Å². The van der Waals surface area contributed by atoms with Crippen molar-refractivity contribution < 1.29 is 9.50 Å². The zero-order valence-electron chi connectivity index (χ0n) is 6.01. The van der Waals surface area contributed by atoms with Crippen LogP contribution >= 0.6 is 15.9 Å². The molecule has 1 aromatic rings. The molecule has 0 aliphatic rings. The maximum absolute atomic E-state index is 12.9. The van der Waals surface area contributed by atoms with Gasteiger partial charge in [-0.3, -0.25) is 0 Å². The van der Waals surface area contributed by atoms with Crippen molar-refractivity contribution in [3.8, 4) is 0 Å². The molecule has 0 unspecified atom stereocenters. The van der Waals surface area contributed by atoms with Gasteiger partial charge in [0.15, 0.2) is 0 Å². The minimum Gasteiger partial charge on any atom is -0.389 e. The van der Waals surface area contributed by atoms with E-state index in [0.717, 1.165) is 0 Å². The summed E-state index contributed by atoms with van der Waals surface area (Å²) in [5.41, 5.74) is 0.313. The molecule has 0 aliphatic carbocycles. The Kier molecular flexibility index (Phi) is 2.62. The lowest BCUT2D eigenvalue weighted by Crippen LogP contribution is -1.96. The van der Waals surface area contributed by atoms with Gasteiger partial charge in [0.2, 0.25) is 0 Å². The molecule has 0 spiro atoms. The molecule has 0 radical (unpaired) electrons.